The molecule has 1 aromatic carbocycles. The van der Waals surface area contributed by atoms with E-state index in [4.69, 9.17) is 18.0 Å². The summed E-state index contributed by atoms with van der Waals surface area (Å²) in [5, 5.41) is 0. The molecule has 0 bridgehead atoms. The van der Waals surface area contributed by atoms with Crippen LogP contribution in [-0.2, 0) is 13.5 Å². The van der Waals surface area contributed by atoms with Gasteiger partial charge in [-0.1, -0.05) is 24.4 Å². The molecule has 5 nitrogen and oxygen atoms in total. The second kappa shape index (κ2) is 4.47. The number of fused-ring (bicyclic) bond motifs is 1. The van der Waals surface area contributed by atoms with Crippen LogP contribution in [0, 0.1) is 0 Å². The van der Waals surface area contributed by atoms with E-state index in [2.05, 4.69) is 9.97 Å². The molecule has 0 aliphatic carbocycles. The van der Waals surface area contributed by atoms with Crippen molar-refractivity contribution in [3.63, 3.8) is 0 Å². The van der Waals surface area contributed by atoms with Crippen LogP contribution in [0.3, 0.4) is 0 Å². The van der Waals surface area contributed by atoms with Crippen molar-refractivity contribution >= 4 is 28.2 Å². The van der Waals surface area contributed by atoms with Crippen molar-refractivity contribution in [2.75, 3.05) is 0 Å². The predicted octanol–water partition coefficient (Wildman–Crippen LogP) is 1.59. The number of aryl methyl sites for hydroxylation is 1. The van der Waals surface area contributed by atoms with E-state index in [9.17, 15) is 0 Å². The smallest absolute Gasteiger partial charge is 0.215 e. The molecule has 2 N–H and O–H groups in total. The molecule has 0 amide bonds. The number of nitrogens with zero attached hydrogens (tertiary/aromatic N) is 4. The predicted molar refractivity (Wildman–Crippen MR) is 78.3 cm³/mol. The largest absolute Gasteiger partial charge is 0.393 e. The molecule has 0 unspecified atom stereocenters. The Morgan fingerprint density at radius 1 is 1.37 bits per heavy atom. The first kappa shape index (κ1) is 11.9. The lowest BCUT2D eigenvalue weighted by molar-refractivity contribution is 0.804. The fourth-order valence-electron chi connectivity index (χ4n) is 2.15. The normalized spacial score (nSPS) is 11.0. The van der Waals surface area contributed by atoms with Crippen molar-refractivity contribution in [1.82, 2.24) is 19.1 Å². The number of benzene rings is 1. The first-order chi connectivity index (χ1) is 9.16. The van der Waals surface area contributed by atoms with Gasteiger partial charge in [0.2, 0.25) is 5.95 Å². The number of aromatic nitrogens is 4. The van der Waals surface area contributed by atoms with Crippen LogP contribution in [0.25, 0.3) is 17.0 Å². The zero-order valence-electron chi connectivity index (χ0n) is 10.4. The molecule has 0 aliphatic rings. The van der Waals surface area contributed by atoms with Crippen LogP contribution in [0.4, 0.5) is 0 Å². The summed E-state index contributed by atoms with van der Waals surface area (Å²) in [4.78, 5) is 9.39. The highest BCUT2D eigenvalue weighted by atomic mass is 32.1. The Morgan fingerprint density at radius 3 is 2.84 bits per heavy atom. The van der Waals surface area contributed by atoms with Crippen LogP contribution in [-0.4, -0.2) is 24.1 Å². The molecule has 19 heavy (non-hydrogen) atoms. The third kappa shape index (κ3) is 2.00. The molecule has 0 saturated carbocycles. The molecule has 3 aromatic rings. The quantitative estimate of drug-likeness (QED) is 0.735. The van der Waals surface area contributed by atoms with Gasteiger partial charge >= 0.3 is 0 Å². The van der Waals surface area contributed by atoms with E-state index in [0.717, 1.165) is 22.8 Å². The van der Waals surface area contributed by atoms with Crippen LogP contribution in [0.5, 0.6) is 0 Å². The third-order valence-electron chi connectivity index (χ3n) is 2.96. The van der Waals surface area contributed by atoms with E-state index < -0.39 is 0 Å². The number of imidazole rings is 2. The molecule has 0 radical (unpaired) electrons. The van der Waals surface area contributed by atoms with Gasteiger partial charge in [0.1, 0.15) is 5.82 Å². The molecule has 96 valence electrons. The summed E-state index contributed by atoms with van der Waals surface area (Å²) in [6.07, 6.45) is 4.11. The number of hydrogen-bond donors (Lipinski definition) is 1. The molecular weight excluding hydrogens is 258 g/mol. The standard InChI is InChI=1S/C13H13N5S/c1-17-7-6-15-13(17)18-10-5-3-2-4-9(10)16-12(18)8-11(14)19/h2-7H,8H2,1H3,(H2,14,19). The molecule has 3 rings (SSSR count). The lowest BCUT2D eigenvalue weighted by Gasteiger charge is -2.08. The maximum absolute atomic E-state index is 5.66. The fourth-order valence-corrected chi connectivity index (χ4v) is 2.28. The van der Waals surface area contributed by atoms with Gasteiger partial charge in [0.15, 0.2) is 0 Å². The average molecular weight is 271 g/mol. The highest BCUT2D eigenvalue weighted by Crippen LogP contribution is 2.20. The molecule has 0 saturated heterocycles. The topological polar surface area (TPSA) is 61.7 Å². The van der Waals surface area contributed by atoms with Gasteiger partial charge in [-0.15, -0.1) is 0 Å². The molecule has 0 spiro atoms. The van der Waals surface area contributed by atoms with Gasteiger partial charge in [-0.2, -0.15) is 0 Å². The van der Waals surface area contributed by atoms with Gasteiger partial charge in [0.05, 0.1) is 22.4 Å². The van der Waals surface area contributed by atoms with Crippen LogP contribution in [0.15, 0.2) is 36.7 Å². The van der Waals surface area contributed by atoms with Crippen molar-refractivity contribution < 1.29 is 0 Å². The fraction of sp³-hybridized carbons (Fsp3) is 0.154. The number of thiocarbonyl (C=S) groups is 1. The Hall–Kier alpha value is -2.21. The van der Waals surface area contributed by atoms with Gasteiger partial charge < -0.3 is 10.3 Å². The van der Waals surface area contributed by atoms with Crippen LogP contribution >= 0.6 is 12.2 Å². The highest BCUT2D eigenvalue weighted by molar-refractivity contribution is 7.80. The first-order valence-corrected chi connectivity index (χ1v) is 6.30. The Balaban J connectivity index is 2.30. The number of hydrogen-bond acceptors (Lipinski definition) is 3. The molecule has 2 heterocycles. The maximum atomic E-state index is 5.66. The van der Waals surface area contributed by atoms with Crippen molar-refractivity contribution in [1.29, 1.82) is 0 Å². The summed E-state index contributed by atoms with van der Waals surface area (Å²) >= 11 is 5.00. The lowest BCUT2D eigenvalue weighted by atomic mass is 10.3. The number of rotatable bonds is 3. The number of nitrogens with two attached hydrogens (primary N) is 1. The van der Waals surface area contributed by atoms with Crippen LogP contribution in [0.2, 0.25) is 0 Å². The molecule has 6 heteroatoms. The van der Waals surface area contributed by atoms with E-state index >= 15 is 0 Å². The molecule has 0 aliphatic heterocycles. The number of para-hydroxylation sites is 2. The first-order valence-electron chi connectivity index (χ1n) is 5.89. The van der Waals surface area contributed by atoms with E-state index in [1.807, 2.05) is 46.6 Å². The minimum Gasteiger partial charge on any atom is -0.393 e. The highest BCUT2D eigenvalue weighted by Gasteiger charge is 2.15. The monoisotopic (exact) mass is 271 g/mol. The van der Waals surface area contributed by atoms with E-state index in [1.54, 1.807) is 6.20 Å². The van der Waals surface area contributed by atoms with Crippen molar-refractivity contribution in [2.24, 2.45) is 12.8 Å². The lowest BCUT2D eigenvalue weighted by Crippen LogP contribution is -2.16. The summed E-state index contributed by atoms with van der Waals surface area (Å²) in [5.41, 5.74) is 7.57. The van der Waals surface area contributed by atoms with Gasteiger partial charge in [0, 0.05) is 19.4 Å². The zero-order valence-corrected chi connectivity index (χ0v) is 11.3. The Bertz CT molecular complexity index is 755. The minimum absolute atomic E-state index is 0.422. The maximum Gasteiger partial charge on any atom is 0.215 e. The molecule has 0 atom stereocenters. The van der Waals surface area contributed by atoms with Crippen LogP contribution < -0.4 is 5.73 Å². The Morgan fingerprint density at radius 2 is 2.16 bits per heavy atom. The van der Waals surface area contributed by atoms with Gasteiger partial charge in [-0.3, -0.25) is 4.57 Å². The van der Waals surface area contributed by atoms with E-state index in [-0.39, 0.29) is 0 Å². The van der Waals surface area contributed by atoms with Crippen molar-refractivity contribution in [2.45, 2.75) is 6.42 Å². The third-order valence-corrected chi connectivity index (χ3v) is 3.10. The minimum atomic E-state index is 0.422. The Labute approximate surface area is 115 Å². The van der Waals surface area contributed by atoms with Crippen LogP contribution in [0.1, 0.15) is 5.82 Å². The van der Waals surface area contributed by atoms with Gasteiger partial charge in [-0.05, 0) is 12.1 Å². The second-order valence-electron chi connectivity index (χ2n) is 4.33. The zero-order chi connectivity index (χ0) is 13.4. The van der Waals surface area contributed by atoms with E-state index in [1.165, 1.54) is 0 Å². The van der Waals surface area contributed by atoms with E-state index in [0.29, 0.717) is 11.4 Å². The molecule has 2 aromatic heterocycles. The summed E-state index contributed by atoms with van der Waals surface area (Å²) in [6.45, 7) is 0. The van der Waals surface area contributed by atoms with Crippen molar-refractivity contribution in [3.05, 3.63) is 42.5 Å². The second-order valence-corrected chi connectivity index (χ2v) is 4.86. The Kier molecular flexibility index (Phi) is 2.79. The molecule has 0 fully saturated rings. The van der Waals surface area contributed by atoms with Crippen molar-refractivity contribution in [3.8, 4) is 5.95 Å². The summed E-state index contributed by atoms with van der Waals surface area (Å²) < 4.78 is 3.94. The summed E-state index contributed by atoms with van der Waals surface area (Å²) in [7, 11) is 1.95. The summed E-state index contributed by atoms with van der Waals surface area (Å²) in [6, 6.07) is 7.93. The summed E-state index contributed by atoms with van der Waals surface area (Å²) in [5.74, 6) is 1.61. The van der Waals surface area contributed by atoms with Gasteiger partial charge in [-0.25, -0.2) is 9.97 Å². The SMILES string of the molecule is Cn1ccnc1-n1c(CC(N)=S)nc2ccccc21. The average Bonchev–Trinajstić information content (AvgIpc) is 2.91. The van der Waals surface area contributed by atoms with Gasteiger partial charge in [0.25, 0.3) is 0 Å². The molecular formula is C13H13N5S.